The van der Waals surface area contributed by atoms with Crippen LogP contribution < -0.4 is 14.8 Å². The van der Waals surface area contributed by atoms with E-state index in [1.165, 1.54) is 22.5 Å². The van der Waals surface area contributed by atoms with Gasteiger partial charge >= 0.3 is 0 Å². The van der Waals surface area contributed by atoms with Gasteiger partial charge in [0.05, 0.1) is 21.3 Å². The zero-order valence-corrected chi connectivity index (χ0v) is 23.7. The van der Waals surface area contributed by atoms with E-state index in [1.54, 1.807) is 7.11 Å². The van der Waals surface area contributed by atoms with Crippen LogP contribution in [0.25, 0.3) is 16.8 Å². The van der Waals surface area contributed by atoms with Crippen LogP contribution in [0.5, 0.6) is 11.5 Å². The van der Waals surface area contributed by atoms with Crippen molar-refractivity contribution in [1.82, 2.24) is 5.32 Å². The van der Waals surface area contributed by atoms with Crippen LogP contribution in [0.3, 0.4) is 0 Å². The van der Waals surface area contributed by atoms with E-state index < -0.39 is 0 Å². The van der Waals surface area contributed by atoms with Gasteiger partial charge in [0.25, 0.3) is 5.91 Å². The predicted octanol–water partition coefficient (Wildman–Crippen LogP) is 7.69. The van der Waals surface area contributed by atoms with Crippen LogP contribution in [0, 0.1) is 3.57 Å². The Morgan fingerprint density at radius 2 is 1.86 bits per heavy atom. The van der Waals surface area contributed by atoms with Crippen LogP contribution in [0.15, 0.2) is 93.2 Å². The van der Waals surface area contributed by atoms with Crippen LogP contribution in [0.1, 0.15) is 11.1 Å². The van der Waals surface area contributed by atoms with Gasteiger partial charge in [0.1, 0.15) is 6.61 Å². The van der Waals surface area contributed by atoms with Crippen molar-refractivity contribution >= 4 is 83.9 Å². The Morgan fingerprint density at radius 3 is 2.69 bits per heavy atom. The lowest BCUT2D eigenvalue weighted by molar-refractivity contribution is -0.115. The highest BCUT2D eigenvalue weighted by atomic mass is 127. The fourth-order valence-electron chi connectivity index (χ4n) is 3.83. The molecule has 0 radical (unpaired) electrons. The van der Waals surface area contributed by atoms with E-state index in [1.807, 2.05) is 60.7 Å². The molecule has 1 N–H and O–H groups in total. The number of hydrogen-bond acceptors (Lipinski definition) is 5. The molecule has 8 heteroatoms. The van der Waals surface area contributed by atoms with Crippen molar-refractivity contribution in [3.8, 4) is 11.5 Å². The van der Waals surface area contributed by atoms with Gasteiger partial charge in [0.15, 0.2) is 16.7 Å². The molecule has 180 valence electrons. The van der Waals surface area contributed by atoms with Gasteiger partial charge in [-0.05, 0) is 92.7 Å². The molecule has 1 amide bonds. The molecular weight excluding hydrogens is 651 g/mol. The summed E-state index contributed by atoms with van der Waals surface area (Å²) in [7, 11) is 1.62. The molecule has 1 aliphatic heterocycles. The molecule has 1 saturated heterocycles. The summed E-state index contributed by atoms with van der Waals surface area (Å²) < 4.78 is 13.7. The summed E-state index contributed by atoms with van der Waals surface area (Å²) in [5, 5.41) is 5.72. The smallest absolute Gasteiger partial charge is 0.264 e. The average molecular weight is 671 g/mol. The first-order valence-corrected chi connectivity index (χ1v) is 13.7. The van der Waals surface area contributed by atoms with E-state index in [-0.39, 0.29) is 5.91 Å². The lowest BCUT2D eigenvalue weighted by Crippen LogP contribution is -2.19. The Labute approximate surface area is 235 Å². The van der Waals surface area contributed by atoms with E-state index in [9.17, 15) is 4.79 Å². The Kier molecular flexibility index (Phi) is 7.64. The topological polar surface area (TPSA) is 59.9 Å². The molecule has 5 nitrogen and oxygen atoms in total. The maximum atomic E-state index is 12.6. The number of hydrogen-bond donors (Lipinski definition) is 1. The zero-order chi connectivity index (χ0) is 25.1. The fourth-order valence-corrected chi connectivity index (χ4v) is 5.84. The van der Waals surface area contributed by atoms with Gasteiger partial charge in [0.2, 0.25) is 0 Å². The number of methoxy groups -OCH3 is 1. The maximum Gasteiger partial charge on any atom is 0.264 e. The highest BCUT2D eigenvalue weighted by molar-refractivity contribution is 14.1. The molecule has 0 atom stereocenters. The summed E-state index contributed by atoms with van der Waals surface area (Å²) in [6, 6.07) is 25.9. The van der Waals surface area contributed by atoms with E-state index in [4.69, 9.17) is 9.47 Å². The van der Waals surface area contributed by atoms with Crippen LogP contribution in [0.4, 0.5) is 5.69 Å². The number of thioether (sulfide) groups is 1. The molecule has 4 aromatic rings. The van der Waals surface area contributed by atoms with Crippen LogP contribution in [-0.2, 0) is 11.4 Å². The number of rotatable bonds is 6. The minimum Gasteiger partial charge on any atom is -0.493 e. The number of carbonyl (C=O) groups excluding carboxylic acids is 1. The number of aliphatic imine (C=N–C) groups is 1. The van der Waals surface area contributed by atoms with E-state index in [2.05, 4.69) is 73.1 Å². The number of amidine groups is 1. The second-order valence-corrected chi connectivity index (χ2v) is 11.0. The normalized spacial score (nSPS) is 15.5. The van der Waals surface area contributed by atoms with Crippen molar-refractivity contribution in [1.29, 1.82) is 0 Å². The zero-order valence-electron chi connectivity index (χ0n) is 19.1. The van der Waals surface area contributed by atoms with Crippen LogP contribution >= 0.6 is 50.3 Å². The Bertz CT molecular complexity index is 1530. The minimum absolute atomic E-state index is 0.181. The molecule has 0 bridgehead atoms. The summed E-state index contributed by atoms with van der Waals surface area (Å²) in [5.74, 6) is 1.10. The standard InChI is InChI=1S/C28H20BrIN2O3S/c1-34-24-13-17(14-25-27(33)32-28(36-25)31-21-10-5-9-20(29)15-21)12-23(30)26(24)35-16-19-8-4-7-18-6-2-3-11-22(18)19/h2-15H,16H2,1H3,(H,31,32,33)/b25-14-. The first-order chi connectivity index (χ1) is 17.5. The SMILES string of the molecule is COc1cc(/C=C2\SC(=Nc3cccc(Br)c3)NC2=O)cc(I)c1OCc1cccc2ccccc12. The third-order valence-electron chi connectivity index (χ3n) is 5.49. The molecule has 0 aromatic heterocycles. The van der Waals surface area contributed by atoms with Gasteiger partial charge in [-0.1, -0.05) is 64.5 Å². The largest absolute Gasteiger partial charge is 0.493 e. The second kappa shape index (κ2) is 11.1. The van der Waals surface area contributed by atoms with Crippen LogP contribution in [-0.4, -0.2) is 18.2 Å². The van der Waals surface area contributed by atoms with Gasteiger partial charge in [-0.2, -0.15) is 0 Å². The van der Waals surface area contributed by atoms with Crippen molar-refractivity contribution in [2.75, 3.05) is 7.11 Å². The molecule has 5 rings (SSSR count). The number of ether oxygens (including phenoxy) is 2. The summed E-state index contributed by atoms with van der Waals surface area (Å²) >= 11 is 6.99. The molecular formula is C28H20BrIN2O3S. The maximum absolute atomic E-state index is 12.6. The van der Waals surface area contributed by atoms with Crippen LogP contribution in [0.2, 0.25) is 0 Å². The fraction of sp³-hybridized carbons (Fsp3) is 0.0714. The third kappa shape index (κ3) is 5.61. The number of amides is 1. The monoisotopic (exact) mass is 670 g/mol. The lowest BCUT2D eigenvalue weighted by Gasteiger charge is -2.15. The molecule has 4 aromatic carbocycles. The molecule has 1 aliphatic rings. The Hall–Kier alpha value is -2.82. The molecule has 1 fully saturated rings. The van der Waals surface area contributed by atoms with Crippen molar-refractivity contribution in [3.63, 3.8) is 0 Å². The quantitative estimate of drug-likeness (QED) is 0.169. The molecule has 0 aliphatic carbocycles. The van der Waals surface area contributed by atoms with Crippen molar-refractivity contribution in [2.45, 2.75) is 6.61 Å². The molecule has 0 unspecified atom stereocenters. The average Bonchev–Trinajstić information content (AvgIpc) is 3.21. The molecule has 0 saturated carbocycles. The summed E-state index contributed by atoms with van der Waals surface area (Å²) in [6.45, 7) is 0.418. The number of carbonyl (C=O) groups is 1. The number of nitrogens with zero attached hydrogens (tertiary/aromatic N) is 1. The number of halogens is 2. The Morgan fingerprint density at radius 1 is 1.06 bits per heavy atom. The lowest BCUT2D eigenvalue weighted by atomic mass is 10.1. The van der Waals surface area contributed by atoms with Gasteiger partial charge in [-0.3, -0.25) is 4.79 Å². The van der Waals surface area contributed by atoms with E-state index >= 15 is 0 Å². The number of benzene rings is 4. The van der Waals surface area contributed by atoms with Gasteiger partial charge in [0, 0.05) is 4.47 Å². The van der Waals surface area contributed by atoms with E-state index in [0.29, 0.717) is 28.2 Å². The molecule has 36 heavy (non-hydrogen) atoms. The summed E-state index contributed by atoms with van der Waals surface area (Å²) in [6.07, 6.45) is 1.84. The first kappa shape index (κ1) is 24.9. The van der Waals surface area contributed by atoms with E-state index in [0.717, 1.165) is 24.9 Å². The minimum atomic E-state index is -0.181. The van der Waals surface area contributed by atoms with Crippen molar-refractivity contribution in [2.24, 2.45) is 4.99 Å². The van der Waals surface area contributed by atoms with Gasteiger partial charge in [-0.15, -0.1) is 0 Å². The van der Waals surface area contributed by atoms with Gasteiger partial charge in [-0.25, -0.2) is 4.99 Å². The molecule has 1 heterocycles. The second-order valence-electron chi connectivity index (χ2n) is 7.92. The van der Waals surface area contributed by atoms with Gasteiger partial charge < -0.3 is 14.8 Å². The third-order valence-corrected chi connectivity index (χ3v) is 7.70. The first-order valence-electron chi connectivity index (χ1n) is 11.0. The Balaban J connectivity index is 1.37. The highest BCUT2D eigenvalue weighted by Crippen LogP contribution is 2.37. The molecule has 0 spiro atoms. The number of fused-ring (bicyclic) bond motifs is 1. The summed E-state index contributed by atoms with van der Waals surface area (Å²) in [4.78, 5) is 17.7. The highest BCUT2D eigenvalue weighted by Gasteiger charge is 2.24. The predicted molar refractivity (Wildman–Crippen MR) is 159 cm³/mol. The number of nitrogens with one attached hydrogen (secondary N) is 1. The van der Waals surface area contributed by atoms with Crippen molar-refractivity contribution in [3.05, 3.63) is 103 Å². The summed E-state index contributed by atoms with van der Waals surface area (Å²) in [5.41, 5.74) is 2.71. The van der Waals surface area contributed by atoms with Crippen molar-refractivity contribution < 1.29 is 14.3 Å².